The van der Waals surface area contributed by atoms with Gasteiger partial charge in [0.1, 0.15) is 0 Å². The second-order valence-corrected chi connectivity index (χ2v) is 9.99. The molecule has 8 heteroatoms. The van der Waals surface area contributed by atoms with Crippen molar-refractivity contribution in [3.05, 3.63) is 81.2 Å². The molecule has 1 aliphatic heterocycles. The van der Waals surface area contributed by atoms with Crippen molar-refractivity contribution in [2.75, 3.05) is 31.5 Å². The Morgan fingerprint density at radius 2 is 1.89 bits per heavy atom. The van der Waals surface area contributed by atoms with Gasteiger partial charge in [0, 0.05) is 50.7 Å². The molecule has 7 nitrogen and oxygen atoms in total. The first kappa shape index (κ1) is 24.0. The lowest BCUT2D eigenvalue weighted by molar-refractivity contribution is -0.130. The predicted octanol–water partition coefficient (Wildman–Crippen LogP) is 5.02. The minimum Gasteiger partial charge on any atom is -0.340 e. The summed E-state index contributed by atoms with van der Waals surface area (Å²) in [6, 6.07) is 16.2. The first-order valence-electron chi connectivity index (χ1n) is 12.1. The number of fused-ring (bicyclic) bond motifs is 1. The molecule has 0 aliphatic carbocycles. The number of thiophene rings is 1. The number of H-pyrrole nitrogens is 1. The normalized spacial score (nSPS) is 14.6. The van der Waals surface area contributed by atoms with Crippen LogP contribution in [-0.2, 0) is 11.3 Å². The smallest absolute Gasteiger partial charge is 0.266 e. The van der Waals surface area contributed by atoms with Gasteiger partial charge in [0.05, 0.1) is 16.1 Å². The van der Waals surface area contributed by atoms with E-state index in [4.69, 9.17) is 0 Å². The van der Waals surface area contributed by atoms with Crippen LogP contribution >= 0.6 is 11.3 Å². The summed E-state index contributed by atoms with van der Waals surface area (Å²) in [7, 11) is 0. The Balaban J connectivity index is 1.40. The standard InChI is InChI=1S/C28H29N5O2S/c1-19-11-16-36-27(19)28(35)29-26-17-21(18-32-12-14-33(15-13-32)20(2)34)7-8-22(26)9-10-25-23-5-3-4-6-24(23)30-31-25/h3-11,16-17H,12-15,18H2,1-2H3,(H,29,35)(H,30,31). The summed E-state index contributed by atoms with van der Waals surface area (Å²) in [5.74, 6) is 0.0268. The quantitative estimate of drug-likeness (QED) is 0.390. The summed E-state index contributed by atoms with van der Waals surface area (Å²) in [5, 5.41) is 13.6. The number of hydrogen-bond acceptors (Lipinski definition) is 5. The van der Waals surface area contributed by atoms with Crippen molar-refractivity contribution in [2.45, 2.75) is 20.4 Å². The maximum absolute atomic E-state index is 13.1. The number of carbonyl (C=O) groups excluding carboxylic acids is 2. The van der Waals surface area contributed by atoms with Gasteiger partial charge in [-0.3, -0.25) is 19.6 Å². The van der Waals surface area contributed by atoms with E-state index in [1.54, 1.807) is 6.92 Å². The molecule has 4 aromatic rings. The minimum atomic E-state index is -0.102. The lowest BCUT2D eigenvalue weighted by Gasteiger charge is -2.34. The predicted molar refractivity (Wildman–Crippen MR) is 146 cm³/mol. The van der Waals surface area contributed by atoms with Crippen molar-refractivity contribution in [1.82, 2.24) is 20.0 Å². The number of aromatic nitrogens is 2. The molecule has 36 heavy (non-hydrogen) atoms. The van der Waals surface area contributed by atoms with Crippen LogP contribution in [0.25, 0.3) is 23.1 Å². The van der Waals surface area contributed by atoms with E-state index in [1.807, 2.05) is 65.8 Å². The van der Waals surface area contributed by atoms with Gasteiger partial charge in [-0.15, -0.1) is 11.3 Å². The summed E-state index contributed by atoms with van der Waals surface area (Å²) in [6.07, 6.45) is 3.97. The summed E-state index contributed by atoms with van der Waals surface area (Å²) >= 11 is 1.45. The van der Waals surface area contributed by atoms with E-state index in [9.17, 15) is 9.59 Å². The Labute approximate surface area is 214 Å². The highest BCUT2D eigenvalue weighted by Gasteiger charge is 2.19. The number of amides is 2. The van der Waals surface area contributed by atoms with Crippen molar-refractivity contribution in [3.8, 4) is 0 Å². The Bertz CT molecular complexity index is 1430. The van der Waals surface area contributed by atoms with Crippen LogP contribution in [0.15, 0.2) is 53.9 Å². The maximum atomic E-state index is 13.1. The number of piperazine rings is 1. The van der Waals surface area contributed by atoms with E-state index in [0.29, 0.717) is 4.88 Å². The molecule has 0 unspecified atom stereocenters. The molecule has 2 aromatic carbocycles. The molecule has 0 radical (unpaired) electrons. The molecule has 3 heterocycles. The zero-order valence-electron chi connectivity index (χ0n) is 20.5. The lowest BCUT2D eigenvalue weighted by Crippen LogP contribution is -2.47. The van der Waals surface area contributed by atoms with Crippen LogP contribution in [0.5, 0.6) is 0 Å². The molecule has 0 atom stereocenters. The van der Waals surface area contributed by atoms with Gasteiger partial charge < -0.3 is 10.2 Å². The Morgan fingerprint density at radius 3 is 2.64 bits per heavy atom. The average Bonchev–Trinajstić information content (AvgIpc) is 3.50. The van der Waals surface area contributed by atoms with Crippen LogP contribution in [0.2, 0.25) is 0 Å². The maximum Gasteiger partial charge on any atom is 0.266 e. The summed E-state index contributed by atoms with van der Waals surface area (Å²) < 4.78 is 0. The van der Waals surface area contributed by atoms with Crippen molar-refractivity contribution in [2.24, 2.45) is 0 Å². The number of anilines is 1. The molecular formula is C28H29N5O2S. The molecular weight excluding hydrogens is 470 g/mol. The Morgan fingerprint density at radius 1 is 1.08 bits per heavy atom. The summed E-state index contributed by atoms with van der Waals surface area (Å²) in [5.41, 5.74) is 5.60. The van der Waals surface area contributed by atoms with Gasteiger partial charge in [-0.25, -0.2) is 0 Å². The highest BCUT2D eigenvalue weighted by atomic mass is 32.1. The van der Waals surface area contributed by atoms with Gasteiger partial charge in [0.15, 0.2) is 0 Å². The third kappa shape index (κ3) is 5.24. The molecule has 5 rings (SSSR count). The van der Waals surface area contributed by atoms with Gasteiger partial charge in [-0.1, -0.05) is 36.4 Å². The molecule has 2 amide bonds. The van der Waals surface area contributed by atoms with E-state index >= 15 is 0 Å². The van der Waals surface area contributed by atoms with Gasteiger partial charge in [-0.2, -0.15) is 5.10 Å². The number of hydrogen-bond donors (Lipinski definition) is 2. The fourth-order valence-electron chi connectivity index (χ4n) is 4.50. The average molecular weight is 500 g/mol. The van der Waals surface area contributed by atoms with Gasteiger partial charge in [-0.05, 0) is 53.3 Å². The van der Waals surface area contributed by atoms with Crippen molar-refractivity contribution < 1.29 is 9.59 Å². The van der Waals surface area contributed by atoms with E-state index in [-0.39, 0.29) is 11.8 Å². The number of nitrogens with zero attached hydrogens (tertiary/aromatic N) is 3. The van der Waals surface area contributed by atoms with Gasteiger partial charge >= 0.3 is 0 Å². The summed E-state index contributed by atoms with van der Waals surface area (Å²) in [4.78, 5) is 29.7. The number of para-hydroxylation sites is 1. The first-order chi connectivity index (χ1) is 17.5. The minimum absolute atomic E-state index is 0.102. The highest BCUT2D eigenvalue weighted by molar-refractivity contribution is 7.12. The molecule has 1 aliphatic rings. The molecule has 0 spiro atoms. The molecule has 1 fully saturated rings. The third-order valence-electron chi connectivity index (χ3n) is 6.58. The molecule has 2 aromatic heterocycles. The molecule has 1 saturated heterocycles. The van der Waals surface area contributed by atoms with Crippen molar-refractivity contribution in [3.63, 3.8) is 0 Å². The number of rotatable bonds is 6. The van der Waals surface area contributed by atoms with Crippen LogP contribution in [0.4, 0.5) is 5.69 Å². The van der Waals surface area contributed by atoms with Crippen LogP contribution in [0.3, 0.4) is 0 Å². The fraction of sp³-hybridized carbons (Fsp3) is 0.250. The fourth-order valence-corrected chi connectivity index (χ4v) is 5.32. The topological polar surface area (TPSA) is 81.3 Å². The number of carbonyl (C=O) groups is 2. The molecule has 0 bridgehead atoms. The van der Waals surface area contributed by atoms with Crippen LogP contribution in [-0.4, -0.2) is 58.0 Å². The largest absolute Gasteiger partial charge is 0.340 e. The number of aryl methyl sites for hydroxylation is 1. The van der Waals surface area contributed by atoms with Gasteiger partial charge in [0.2, 0.25) is 5.91 Å². The summed E-state index contributed by atoms with van der Waals surface area (Å²) in [6.45, 7) is 7.50. The van der Waals surface area contributed by atoms with Crippen LogP contribution in [0, 0.1) is 6.92 Å². The molecule has 184 valence electrons. The molecule has 2 N–H and O–H groups in total. The van der Waals surface area contributed by atoms with Crippen LogP contribution < -0.4 is 5.32 Å². The Hall–Kier alpha value is -3.75. The van der Waals surface area contributed by atoms with Gasteiger partial charge in [0.25, 0.3) is 5.91 Å². The second-order valence-electron chi connectivity index (χ2n) is 9.08. The monoisotopic (exact) mass is 499 g/mol. The van der Waals surface area contributed by atoms with E-state index in [1.165, 1.54) is 11.3 Å². The zero-order chi connectivity index (χ0) is 25.1. The second kappa shape index (κ2) is 10.5. The SMILES string of the molecule is CC(=O)N1CCN(Cc2ccc(C=Cc3n[nH]c4ccccc34)c(NC(=O)c3sccc3C)c2)CC1. The van der Waals surface area contributed by atoms with Crippen molar-refractivity contribution >= 4 is 51.9 Å². The number of nitrogens with one attached hydrogen (secondary N) is 2. The third-order valence-corrected chi connectivity index (χ3v) is 7.59. The van der Waals surface area contributed by atoms with E-state index in [2.05, 4.69) is 32.5 Å². The lowest BCUT2D eigenvalue weighted by atomic mass is 10.1. The first-order valence-corrected chi connectivity index (χ1v) is 12.9. The number of benzene rings is 2. The molecule has 0 saturated carbocycles. The Kier molecular flexibility index (Phi) is 6.97. The van der Waals surface area contributed by atoms with E-state index < -0.39 is 0 Å². The number of aromatic amines is 1. The van der Waals surface area contributed by atoms with Crippen LogP contribution in [0.1, 0.15) is 39.0 Å². The highest BCUT2D eigenvalue weighted by Crippen LogP contribution is 2.25. The van der Waals surface area contributed by atoms with E-state index in [0.717, 1.165) is 71.7 Å². The van der Waals surface area contributed by atoms with Crippen molar-refractivity contribution in [1.29, 1.82) is 0 Å². The zero-order valence-corrected chi connectivity index (χ0v) is 21.3.